The molecule has 0 saturated carbocycles. The summed E-state index contributed by atoms with van der Waals surface area (Å²) in [7, 11) is 0. The molecule has 19 heavy (non-hydrogen) atoms. The number of hydrogen-bond donors (Lipinski definition) is 0. The molecule has 1 aromatic heterocycles. The Morgan fingerprint density at radius 1 is 1.42 bits per heavy atom. The normalized spacial score (nSPS) is 15.3. The molecule has 0 aromatic carbocycles. The van der Waals surface area contributed by atoms with Crippen molar-refractivity contribution in [2.45, 2.75) is 39.7 Å². The molecule has 1 aliphatic heterocycles. The summed E-state index contributed by atoms with van der Waals surface area (Å²) in [5.74, 6) is 1.18. The molecule has 0 aliphatic carbocycles. The first kappa shape index (κ1) is 13.6. The highest BCUT2D eigenvalue weighted by Crippen LogP contribution is 2.30. The van der Waals surface area contributed by atoms with Gasteiger partial charge in [-0.05, 0) is 46.2 Å². The maximum Gasteiger partial charge on any atom is 0.416 e. The Balaban J connectivity index is 2.31. The van der Waals surface area contributed by atoms with Gasteiger partial charge in [0.15, 0.2) is 11.6 Å². The van der Waals surface area contributed by atoms with Gasteiger partial charge in [-0.1, -0.05) is 0 Å². The summed E-state index contributed by atoms with van der Waals surface area (Å²) in [6.07, 6.45) is 0.381. The Morgan fingerprint density at radius 2 is 2.16 bits per heavy atom. The molecular formula is C14H20N2O3. The number of aromatic nitrogens is 1. The monoisotopic (exact) mass is 264 g/mol. The van der Waals surface area contributed by atoms with Crippen LogP contribution in [0.2, 0.25) is 0 Å². The minimum absolute atomic E-state index is 0.377. The lowest BCUT2D eigenvalue weighted by molar-refractivity contribution is 0.0579. The van der Waals surface area contributed by atoms with Crippen molar-refractivity contribution in [1.29, 1.82) is 0 Å². The molecule has 1 aromatic rings. The van der Waals surface area contributed by atoms with E-state index in [-0.39, 0.29) is 6.09 Å². The van der Waals surface area contributed by atoms with Crippen molar-refractivity contribution in [2.24, 2.45) is 0 Å². The molecule has 0 fully saturated rings. The van der Waals surface area contributed by atoms with Gasteiger partial charge in [-0.25, -0.2) is 9.78 Å². The average Bonchev–Trinajstić information content (AvgIpc) is 2.48. The first-order valence-corrected chi connectivity index (χ1v) is 6.48. The second-order valence-corrected chi connectivity index (χ2v) is 5.61. The van der Waals surface area contributed by atoms with Crippen molar-refractivity contribution in [3.8, 4) is 5.75 Å². The maximum absolute atomic E-state index is 12.2. The molecule has 0 saturated heterocycles. The fourth-order valence-corrected chi connectivity index (χ4v) is 1.84. The molecule has 0 unspecified atom stereocenters. The number of pyridine rings is 1. The summed E-state index contributed by atoms with van der Waals surface area (Å²) in [6.45, 7) is 8.57. The lowest BCUT2D eigenvalue weighted by Crippen LogP contribution is -2.37. The molecule has 2 heterocycles. The van der Waals surface area contributed by atoms with Crippen LogP contribution >= 0.6 is 0 Å². The van der Waals surface area contributed by atoms with E-state index in [1.54, 1.807) is 4.90 Å². The van der Waals surface area contributed by atoms with E-state index in [0.717, 1.165) is 12.1 Å². The van der Waals surface area contributed by atoms with Crippen LogP contribution in [0.15, 0.2) is 12.1 Å². The van der Waals surface area contributed by atoms with Crippen LogP contribution in [0.4, 0.5) is 10.6 Å². The van der Waals surface area contributed by atoms with E-state index in [9.17, 15) is 4.79 Å². The van der Waals surface area contributed by atoms with Gasteiger partial charge in [0, 0.05) is 12.2 Å². The van der Waals surface area contributed by atoms with Gasteiger partial charge in [-0.2, -0.15) is 0 Å². The minimum Gasteiger partial charge on any atom is -0.490 e. The number of anilines is 1. The largest absolute Gasteiger partial charge is 0.490 e. The second-order valence-electron chi connectivity index (χ2n) is 5.61. The van der Waals surface area contributed by atoms with Crippen LogP contribution < -0.4 is 9.64 Å². The number of carbonyl (C=O) groups is 1. The molecule has 0 radical (unpaired) electrons. The number of carbonyl (C=O) groups excluding carboxylic acids is 1. The summed E-state index contributed by atoms with van der Waals surface area (Å²) >= 11 is 0. The number of ether oxygens (including phenoxy) is 2. The molecule has 0 spiro atoms. The Labute approximate surface area is 113 Å². The first-order valence-electron chi connectivity index (χ1n) is 6.48. The standard InChI is InChI=1S/C14H20N2O3/c1-10-6-7-11-12(15-10)16(8-5-9-18-11)13(17)19-14(2,3)4/h6-7H,5,8-9H2,1-4H3. The van der Waals surface area contributed by atoms with Crippen LogP contribution in [0.5, 0.6) is 5.75 Å². The molecule has 5 heteroatoms. The van der Waals surface area contributed by atoms with Gasteiger partial charge in [0.1, 0.15) is 5.60 Å². The minimum atomic E-state index is -0.520. The molecular weight excluding hydrogens is 244 g/mol. The van der Waals surface area contributed by atoms with Crippen LogP contribution in [0.3, 0.4) is 0 Å². The average molecular weight is 264 g/mol. The number of fused-ring (bicyclic) bond motifs is 1. The van der Waals surface area contributed by atoms with E-state index in [2.05, 4.69) is 4.98 Å². The van der Waals surface area contributed by atoms with Crippen molar-refractivity contribution in [3.63, 3.8) is 0 Å². The number of aryl methyl sites for hydroxylation is 1. The summed E-state index contributed by atoms with van der Waals surface area (Å²) < 4.78 is 11.0. The quantitative estimate of drug-likeness (QED) is 0.723. The summed E-state index contributed by atoms with van der Waals surface area (Å²) in [5, 5.41) is 0. The molecule has 0 bridgehead atoms. The zero-order valence-electron chi connectivity index (χ0n) is 11.9. The Morgan fingerprint density at radius 3 is 2.84 bits per heavy atom. The summed E-state index contributed by atoms with van der Waals surface area (Å²) in [4.78, 5) is 18.2. The lowest BCUT2D eigenvalue weighted by atomic mass is 10.2. The molecule has 0 atom stereocenters. The Bertz CT molecular complexity index is 480. The van der Waals surface area contributed by atoms with Crippen molar-refractivity contribution < 1.29 is 14.3 Å². The van der Waals surface area contributed by atoms with Gasteiger partial charge < -0.3 is 9.47 Å². The number of rotatable bonds is 0. The van der Waals surface area contributed by atoms with Gasteiger partial charge in [0.25, 0.3) is 0 Å². The van der Waals surface area contributed by atoms with Crippen molar-refractivity contribution >= 4 is 11.9 Å². The lowest BCUT2D eigenvalue weighted by Gasteiger charge is -2.26. The highest BCUT2D eigenvalue weighted by Gasteiger charge is 2.28. The van der Waals surface area contributed by atoms with E-state index >= 15 is 0 Å². The topological polar surface area (TPSA) is 51.7 Å². The Hall–Kier alpha value is -1.78. The molecule has 5 nitrogen and oxygen atoms in total. The third-order valence-electron chi connectivity index (χ3n) is 2.63. The van der Waals surface area contributed by atoms with Crippen LogP contribution in [0.25, 0.3) is 0 Å². The molecule has 0 N–H and O–H groups in total. The zero-order valence-corrected chi connectivity index (χ0v) is 11.9. The third-order valence-corrected chi connectivity index (χ3v) is 2.63. The zero-order chi connectivity index (χ0) is 14.0. The SMILES string of the molecule is Cc1ccc2c(n1)N(C(=O)OC(C)(C)C)CCCO2. The van der Waals surface area contributed by atoms with Crippen LogP contribution in [0.1, 0.15) is 32.9 Å². The van der Waals surface area contributed by atoms with E-state index < -0.39 is 5.60 Å². The van der Waals surface area contributed by atoms with Gasteiger partial charge in [-0.3, -0.25) is 4.90 Å². The van der Waals surface area contributed by atoms with E-state index in [1.165, 1.54) is 0 Å². The van der Waals surface area contributed by atoms with E-state index in [4.69, 9.17) is 9.47 Å². The number of hydrogen-bond acceptors (Lipinski definition) is 4. The van der Waals surface area contributed by atoms with E-state index in [0.29, 0.717) is 24.7 Å². The summed E-state index contributed by atoms with van der Waals surface area (Å²) in [6, 6.07) is 3.72. The van der Waals surface area contributed by atoms with Crippen LogP contribution in [-0.4, -0.2) is 29.8 Å². The van der Waals surface area contributed by atoms with E-state index in [1.807, 2.05) is 39.8 Å². The maximum atomic E-state index is 12.2. The third kappa shape index (κ3) is 3.36. The molecule has 1 amide bonds. The molecule has 104 valence electrons. The summed E-state index contributed by atoms with van der Waals surface area (Å²) in [5.41, 5.74) is 0.326. The van der Waals surface area contributed by atoms with Crippen LogP contribution in [0, 0.1) is 6.92 Å². The molecule has 1 aliphatic rings. The highest BCUT2D eigenvalue weighted by atomic mass is 16.6. The fraction of sp³-hybridized carbons (Fsp3) is 0.571. The van der Waals surface area contributed by atoms with Gasteiger partial charge >= 0.3 is 6.09 Å². The van der Waals surface area contributed by atoms with Crippen molar-refractivity contribution in [1.82, 2.24) is 4.98 Å². The number of nitrogens with zero attached hydrogens (tertiary/aromatic N) is 2. The highest BCUT2D eigenvalue weighted by molar-refractivity contribution is 5.88. The smallest absolute Gasteiger partial charge is 0.416 e. The van der Waals surface area contributed by atoms with Crippen molar-refractivity contribution in [3.05, 3.63) is 17.8 Å². The van der Waals surface area contributed by atoms with Crippen molar-refractivity contribution in [2.75, 3.05) is 18.1 Å². The van der Waals surface area contributed by atoms with Gasteiger partial charge in [0.05, 0.1) is 6.61 Å². The van der Waals surface area contributed by atoms with Crippen LogP contribution in [-0.2, 0) is 4.74 Å². The second kappa shape index (κ2) is 5.07. The first-order chi connectivity index (χ1) is 8.87. The predicted molar refractivity (Wildman–Crippen MR) is 72.7 cm³/mol. The fourth-order valence-electron chi connectivity index (χ4n) is 1.84. The van der Waals surface area contributed by atoms with Gasteiger partial charge in [-0.15, -0.1) is 0 Å². The predicted octanol–water partition coefficient (Wildman–Crippen LogP) is 2.91. The number of amides is 1. The Kier molecular flexibility index (Phi) is 3.64. The molecule has 2 rings (SSSR count). The van der Waals surface area contributed by atoms with Gasteiger partial charge in [0.2, 0.25) is 0 Å².